The van der Waals surface area contributed by atoms with Crippen molar-refractivity contribution in [2.75, 3.05) is 0 Å². The van der Waals surface area contributed by atoms with E-state index in [4.69, 9.17) is 0 Å². The Kier molecular flexibility index (Phi) is 5.02. The summed E-state index contributed by atoms with van der Waals surface area (Å²) in [5, 5.41) is 13.5. The molecule has 1 amide bonds. The van der Waals surface area contributed by atoms with Crippen molar-refractivity contribution in [1.82, 2.24) is 14.9 Å². The van der Waals surface area contributed by atoms with Crippen molar-refractivity contribution in [2.45, 2.75) is 19.5 Å². The molecule has 0 bridgehead atoms. The third-order valence-electron chi connectivity index (χ3n) is 2.94. The summed E-state index contributed by atoms with van der Waals surface area (Å²) in [6.07, 6.45) is 8.09. The fraction of sp³-hybridized carbons (Fsp3) is 0.200. The number of hydrogen-bond donors (Lipinski definition) is 1. The number of nitrogens with zero attached hydrogens (tertiary/aromatic N) is 3. The van der Waals surface area contributed by atoms with Crippen LogP contribution in [0, 0.1) is 10.1 Å². The Hall–Kier alpha value is -2.96. The Morgan fingerprint density at radius 3 is 3.05 bits per heavy atom. The number of benzene rings is 1. The SMILES string of the molecule is C[C@@H](Cn1ccnc1)NC(=O)/C=C/c1cccc([N+](=O)[O-])c1. The van der Waals surface area contributed by atoms with E-state index in [-0.39, 0.29) is 17.6 Å². The van der Waals surface area contributed by atoms with E-state index in [9.17, 15) is 14.9 Å². The Balaban J connectivity index is 1.90. The van der Waals surface area contributed by atoms with E-state index in [0.717, 1.165) is 0 Å². The third-order valence-corrected chi connectivity index (χ3v) is 2.94. The molecule has 0 aliphatic heterocycles. The smallest absolute Gasteiger partial charge is 0.270 e. The van der Waals surface area contributed by atoms with Gasteiger partial charge in [0.25, 0.3) is 5.69 Å². The van der Waals surface area contributed by atoms with Gasteiger partial charge in [-0.1, -0.05) is 12.1 Å². The van der Waals surface area contributed by atoms with Crippen LogP contribution in [0.1, 0.15) is 12.5 Å². The number of carbonyl (C=O) groups is 1. The maximum atomic E-state index is 11.8. The summed E-state index contributed by atoms with van der Waals surface area (Å²) in [5.41, 5.74) is 0.600. The van der Waals surface area contributed by atoms with E-state index in [0.29, 0.717) is 12.1 Å². The molecule has 1 atom stereocenters. The van der Waals surface area contributed by atoms with E-state index in [2.05, 4.69) is 10.3 Å². The lowest BCUT2D eigenvalue weighted by Crippen LogP contribution is -2.34. The summed E-state index contributed by atoms with van der Waals surface area (Å²) in [6, 6.07) is 6.04. The Bertz CT molecular complexity index is 680. The molecule has 0 saturated heterocycles. The third kappa shape index (κ3) is 4.55. The molecule has 7 heteroatoms. The van der Waals surface area contributed by atoms with Gasteiger partial charge in [0.1, 0.15) is 0 Å². The highest BCUT2D eigenvalue weighted by atomic mass is 16.6. The zero-order valence-corrected chi connectivity index (χ0v) is 12.0. The molecule has 0 fully saturated rings. The molecule has 7 nitrogen and oxygen atoms in total. The number of hydrogen-bond acceptors (Lipinski definition) is 4. The maximum Gasteiger partial charge on any atom is 0.270 e. The van der Waals surface area contributed by atoms with Crippen molar-refractivity contribution in [3.8, 4) is 0 Å². The first-order valence-corrected chi connectivity index (χ1v) is 6.73. The van der Waals surface area contributed by atoms with Crippen LogP contribution in [0.5, 0.6) is 0 Å². The second kappa shape index (κ2) is 7.16. The quantitative estimate of drug-likeness (QED) is 0.502. The largest absolute Gasteiger partial charge is 0.348 e. The number of nitro benzene ring substituents is 1. The van der Waals surface area contributed by atoms with Crippen LogP contribution in [0.25, 0.3) is 6.08 Å². The van der Waals surface area contributed by atoms with Gasteiger partial charge in [0, 0.05) is 43.2 Å². The number of nitrogens with one attached hydrogen (secondary N) is 1. The molecule has 0 saturated carbocycles. The maximum absolute atomic E-state index is 11.8. The Morgan fingerprint density at radius 2 is 2.36 bits per heavy atom. The predicted molar refractivity (Wildman–Crippen MR) is 82.0 cm³/mol. The van der Waals surface area contributed by atoms with Crippen molar-refractivity contribution < 1.29 is 9.72 Å². The first-order valence-electron chi connectivity index (χ1n) is 6.73. The number of rotatable bonds is 6. The van der Waals surface area contributed by atoms with Crippen LogP contribution in [-0.2, 0) is 11.3 Å². The molecular formula is C15H16N4O3. The van der Waals surface area contributed by atoms with Crippen LogP contribution in [0.3, 0.4) is 0 Å². The van der Waals surface area contributed by atoms with Gasteiger partial charge in [-0.15, -0.1) is 0 Å². The van der Waals surface area contributed by atoms with Gasteiger partial charge in [0.15, 0.2) is 0 Å². The van der Waals surface area contributed by atoms with Gasteiger partial charge >= 0.3 is 0 Å². The molecule has 1 N–H and O–H groups in total. The van der Waals surface area contributed by atoms with Crippen LogP contribution in [-0.4, -0.2) is 26.4 Å². The molecule has 0 aliphatic rings. The zero-order chi connectivity index (χ0) is 15.9. The molecule has 1 aromatic carbocycles. The van der Waals surface area contributed by atoms with Crippen LogP contribution in [0.15, 0.2) is 49.1 Å². The van der Waals surface area contributed by atoms with Gasteiger partial charge in [-0.25, -0.2) is 4.98 Å². The van der Waals surface area contributed by atoms with E-state index >= 15 is 0 Å². The Labute approximate surface area is 127 Å². The number of non-ortho nitro benzene ring substituents is 1. The monoisotopic (exact) mass is 300 g/mol. The van der Waals surface area contributed by atoms with Crippen LogP contribution in [0.4, 0.5) is 5.69 Å². The predicted octanol–water partition coefficient (Wildman–Crippen LogP) is 2.01. The molecule has 114 valence electrons. The second-order valence-electron chi connectivity index (χ2n) is 4.85. The first-order chi connectivity index (χ1) is 10.5. The fourth-order valence-corrected chi connectivity index (χ4v) is 1.96. The van der Waals surface area contributed by atoms with E-state index < -0.39 is 4.92 Å². The van der Waals surface area contributed by atoms with Crippen molar-refractivity contribution in [3.63, 3.8) is 0 Å². The molecule has 22 heavy (non-hydrogen) atoms. The highest BCUT2D eigenvalue weighted by Crippen LogP contribution is 2.13. The fourth-order valence-electron chi connectivity index (χ4n) is 1.96. The van der Waals surface area contributed by atoms with Crippen LogP contribution >= 0.6 is 0 Å². The summed E-state index contributed by atoms with van der Waals surface area (Å²) in [5.74, 6) is -0.251. The van der Waals surface area contributed by atoms with Crippen molar-refractivity contribution >= 4 is 17.7 Å². The summed E-state index contributed by atoms with van der Waals surface area (Å²) in [4.78, 5) is 26.0. The number of carbonyl (C=O) groups excluding carboxylic acids is 1. The minimum atomic E-state index is -0.468. The topological polar surface area (TPSA) is 90.1 Å². The van der Waals surface area contributed by atoms with Gasteiger partial charge in [-0.3, -0.25) is 14.9 Å². The van der Waals surface area contributed by atoms with E-state index in [1.54, 1.807) is 30.7 Å². The average molecular weight is 300 g/mol. The second-order valence-corrected chi connectivity index (χ2v) is 4.85. The lowest BCUT2D eigenvalue weighted by molar-refractivity contribution is -0.384. The van der Waals surface area contributed by atoms with Crippen LogP contribution < -0.4 is 5.32 Å². The summed E-state index contributed by atoms with van der Waals surface area (Å²) >= 11 is 0. The minimum Gasteiger partial charge on any atom is -0.348 e. The van der Waals surface area contributed by atoms with Gasteiger partial charge < -0.3 is 9.88 Å². The van der Waals surface area contributed by atoms with Crippen molar-refractivity contribution in [3.05, 3.63) is 64.7 Å². The van der Waals surface area contributed by atoms with E-state index in [1.165, 1.54) is 18.2 Å². The molecule has 2 rings (SSSR count). The van der Waals surface area contributed by atoms with E-state index in [1.807, 2.05) is 17.7 Å². The number of nitro groups is 1. The van der Waals surface area contributed by atoms with Crippen LogP contribution in [0.2, 0.25) is 0 Å². The summed E-state index contributed by atoms with van der Waals surface area (Å²) in [6.45, 7) is 2.51. The highest BCUT2D eigenvalue weighted by molar-refractivity contribution is 5.91. The van der Waals surface area contributed by atoms with Gasteiger partial charge in [-0.05, 0) is 18.6 Å². The minimum absolute atomic E-state index is 0.00367. The molecule has 1 aromatic heterocycles. The van der Waals surface area contributed by atoms with Gasteiger partial charge in [0.05, 0.1) is 11.3 Å². The number of imidazole rings is 1. The lowest BCUT2D eigenvalue weighted by atomic mass is 10.2. The zero-order valence-electron chi connectivity index (χ0n) is 12.0. The van der Waals surface area contributed by atoms with Crippen molar-refractivity contribution in [2.24, 2.45) is 0 Å². The highest BCUT2D eigenvalue weighted by Gasteiger charge is 2.06. The molecule has 0 radical (unpaired) electrons. The molecule has 0 spiro atoms. The van der Waals surface area contributed by atoms with Gasteiger partial charge in [0.2, 0.25) is 5.91 Å². The first kappa shape index (κ1) is 15.4. The number of amides is 1. The molecule has 0 aliphatic carbocycles. The number of aromatic nitrogens is 2. The van der Waals surface area contributed by atoms with Crippen molar-refractivity contribution in [1.29, 1.82) is 0 Å². The summed E-state index contributed by atoms with van der Waals surface area (Å²) in [7, 11) is 0. The lowest BCUT2D eigenvalue weighted by Gasteiger charge is -2.12. The molecule has 0 unspecified atom stereocenters. The Morgan fingerprint density at radius 1 is 1.55 bits per heavy atom. The molecule has 1 heterocycles. The van der Waals surface area contributed by atoms with Gasteiger partial charge in [-0.2, -0.15) is 0 Å². The summed E-state index contributed by atoms with van der Waals surface area (Å²) < 4.78 is 1.87. The normalized spacial score (nSPS) is 12.2. The molecule has 2 aromatic rings. The average Bonchev–Trinajstić information content (AvgIpc) is 2.98. The molecular weight excluding hydrogens is 284 g/mol. The standard InChI is InChI=1S/C15H16N4O3/c1-12(10-18-8-7-16-11-18)17-15(20)6-5-13-3-2-4-14(9-13)19(21)22/h2-9,11-12H,10H2,1H3,(H,17,20)/b6-5+/t12-/m0/s1.